The van der Waals surface area contributed by atoms with Crippen LogP contribution in [0.25, 0.3) is 0 Å². The number of sulfonamides is 1. The molecule has 0 unspecified atom stereocenters. The fourth-order valence-corrected chi connectivity index (χ4v) is 3.75. The van der Waals surface area contributed by atoms with E-state index in [1.54, 1.807) is 18.3 Å². The summed E-state index contributed by atoms with van der Waals surface area (Å²) in [5.74, 6) is 1.57. The second-order valence-corrected chi connectivity index (χ2v) is 8.44. The molecule has 0 bridgehead atoms. The highest BCUT2D eigenvalue weighted by Crippen LogP contribution is 2.15. The summed E-state index contributed by atoms with van der Waals surface area (Å²) in [5.41, 5.74) is 1.02. The van der Waals surface area contributed by atoms with Crippen molar-refractivity contribution >= 4 is 27.4 Å². The first-order chi connectivity index (χ1) is 14.0. The SMILES string of the molecule is O=S(=O)(NCCc1ccc(OCCNc2ccccn2)cc1)c1ccc(Cl)cc1. The lowest BCUT2D eigenvalue weighted by Gasteiger charge is -2.09. The van der Waals surface area contributed by atoms with Crippen LogP contribution in [-0.4, -0.2) is 33.1 Å². The standard InChI is InChI=1S/C21H22ClN3O3S/c22-18-6-10-20(11-7-18)29(26,27)25-14-12-17-4-8-19(9-5-17)28-16-15-24-21-3-1-2-13-23-21/h1-11,13,25H,12,14-16H2,(H,23,24). The van der Waals surface area contributed by atoms with Gasteiger partial charge in [-0.2, -0.15) is 0 Å². The molecule has 1 aromatic heterocycles. The van der Waals surface area contributed by atoms with Gasteiger partial charge < -0.3 is 10.1 Å². The molecule has 0 atom stereocenters. The van der Waals surface area contributed by atoms with E-state index in [9.17, 15) is 8.42 Å². The number of anilines is 1. The summed E-state index contributed by atoms with van der Waals surface area (Å²) in [4.78, 5) is 4.38. The zero-order chi connectivity index (χ0) is 20.5. The summed E-state index contributed by atoms with van der Waals surface area (Å²) in [6.07, 6.45) is 2.31. The Labute approximate surface area is 176 Å². The Morgan fingerprint density at radius 3 is 2.38 bits per heavy atom. The van der Waals surface area contributed by atoms with Gasteiger partial charge in [-0.05, 0) is 60.5 Å². The largest absolute Gasteiger partial charge is 0.492 e. The van der Waals surface area contributed by atoms with Gasteiger partial charge in [0.15, 0.2) is 0 Å². The molecular formula is C21H22ClN3O3S. The highest BCUT2D eigenvalue weighted by atomic mass is 35.5. The molecule has 0 aliphatic heterocycles. The van der Waals surface area contributed by atoms with Gasteiger partial charge in [-0.25, -0.2) is 18.1 Å². The number of hydrogen-bond donors (Lipinski definition) is 2. The fourth-order valence-electron chi connectivity index (χ4n) is 2.59. The molecule has 3 aromatic rings. The number of hydrogen-bond acceptors (Lipinski definition) is 5. The summed E-state index contributed by atoms with van der Waals surface area (Å²) >= 11 is 5.80. The van der Waals surface area contributed by atoms with Crippen molar-refractivity contribution in [2.75, 3.05) is 25.0 Å². The summed E-state index contributed by atoms with van der Waals surface area (Å²) in [5, 5.41) is 3.68. The molecule has 0 radical (unpaired) electrons. The molecule has 3 rings (SSSR count). The van der Waals surface area contributed by atoms with Gasteiger partial charge in [-0.15, -0.1) is 0 Å². The molecule has 0 saturated heterocycles. The maximum absolute atomic E-state index is 12.3. The van der Waals surface area contributed by atoms with Gasteiger partial charge in [0.05, 0.1) is 11.4 Å². The van der Waals surface area contributed by atoms with Gasteiger partial charge in [0.1, 0.15) is 18.2 Å². The minimum Gasteiger partial charge on any atom is -0.492 e. The Kier molecular flexibility index (Phi) is 7.46. The quantitative estimate of drug-likeness (QED) is 0.478. The molecule has 8 heteroatoms. The predicted molar refractivity (Wildman–Crippen MR) is 115 cm³/mol. The molecule has 0 aliphatic rings. The first kappa shape index (κ1) is 21.1. The lowest BCUT2D eigenvalue weighted by atomic mass is 10.1. The van der Waals surface area contributed by atoms with Crippen molar-refractivity contribution in [1.29, 1.82) is 0 Å². The third kappa shape index (κ3) is 6.74. The normalized spacial score (nSPS) is 11.2. The number of benzene rings is 2. The number of nitrogens with one attached hydrogen (secondary N) is 2. The Balaban J connectivity index is 1.40. The van der Waals surface area contributed by atoms with E-state index in [0.29, 0.717) is 31.1 Å². The minimum atomic E-state index is -3.54. The Morgan fingerprint density at radius 2 is 1.69 bits per heavy atom. The van der Waals surface area contributed by atoms with Crippen LogP contribution >= 0.6 is 11.6 Å². The number of nitrogens with zero attached hydrogens (tertiary/aromatic N) is 1. The average molecular weight is 432 g/mol. The van der Waals surface area contributed by atoms with Crippen molar-refractivity contribution < 1.29 is 13.2 Å². The summed E-state index contributed by atoms with van der Waals surface area (Å²) in [6, 6.07) is 19.4. The Morgan fingerprint density at radius 1 is 0.931 bits per heavy atom. The van der Waals surface area contributed by atoms with Crippen molar-refractivity contribution in [3.63, 3.8) is 0 Å². The highest BCUT2D eigenvalue weighted by Gasteiger charge is 2.12. The topological polar surface area (TPSA) is 80.3 Å². The summed E-state index contributed by atoms with van der Waals surface area (Å²) in [6.45, 7) is 1.46. The smallest absolute Gasteiger partial charge is 0.240 e. The van der Waals surface area contributed by atoms with E-state index in [1.807, 2.05) is 42.5 Å². The third-order valence-electron chi connectivity index (χ3n) is 4.09. The second kappa shape index (κ2) is 10.2. The van der Waals surface area contributed by atoms with E-state index in [4.69, 9.17) is 16.3 Å². The molecule has 2 aromatic carbocycles. The van der Waals surface area contributed by atoms with Crippen molar-refractivity contribution in [2.24, 2.45) is 0 Å². The van der Waals surface area contributed by atoms with Crippen molar-refractivity contribution in [3.8, 4) is 5.75 Å². The van der Waals surface area contributed by atoms with E-state index in [0.717, 1.165) is 17.1 Å². The Hall–Kier alpha value is -2.61. The molecule has 0 saturated carbocycles. The number of pyridine rings is 1. The van der Waals surface area contributed by atoms with Gasteiger partial charge in [0.25, 0.3) is 0 Å². The number of halogens is 1. The van der Waals surface area contributed by atoms with Crippen LogP contribution in [0.1, 0.15) is 5.56 Å². The predicted octanol–water partition coefficient (Wildman–Crippen LogP) is 3.75. The molecule has 0 aliphatic carbocycles. The van der Waals surface area contributed by atoms with Crippen LogP contribution in [0.2, 0.25) is 5.02 Å². The van der Waals surface area contributed by atoms with Gasteiger partial charge in [-0.1, -0.05) is 29.8 Å². The van der Waals surface area contributed by atoms with E-state index >= 15 is 0 Å². The van der Waals surface area contributed by atoms with E-state index in [2.05, 4.69) is 15.0 Å². The molecule has 0 spiro atoms. The first-order valence-electron chi connectivity index (χ1n) is 9.15. The van der Waals surface area contributed by atoms with Crippen LogP contribution in [-0.2, 0) is 16.4 Å². The Bertz CT molecular complexity index is 996. The minimum absolute atomic E-state index is 0.199. The molecule has 152 valence electrons. The monoisotopic (exact) mass is 431 g/mol. The van der Waals surface area contributed by atoms with Crippen LogP contribution in [0.5, 0.6) is 5.75 Å². The van der Waals surface area contributed by atoms with E-state index < -0.39 is 10.0 Å². The third-order valence-corrected chi connectivity index (χ3v) is 5.82. The fraction of sp³-hybridized carbons (Fsp3) is 0.190. The molecule has 29 heavy (non-hydrogen) atoms. The van der Waals surface area contributed by atoms with Crippen molar-refractivity contribution in [1.82, 2.24) is 9.71 Å². The van der Waals surface area contributed by atoms with Crippen LogP contribution in [0.3, 0.4) is 0 Å². The van der Waals surface area contributed by atoms with Crippen LogP contribution in [0.15, 0.2) is 77.8 Å². The summed E-state index contributed by atoms with van der Waals surface area (Å²) < 4.78 is 32.8. The molecule has 0 amide bonds. The maximum Gasteiger partial charge on any atom is 0.240 e. The number of aromatic nitrogens is 1. The van der Waals surface area contributed by atoms with Crippen LogP contribution < -0.4 is 14.8 Å². The lowest BCUT2D eigenvalue weighted by Crippen LogP contribution is -2.25. The van der Waals surface area contributed by atoms with Crippen LogP contribution in [0.4, 0.5) is 5.82 Å². The molecule has 2 N–H and O–H groups in total. The van der Waals surface area contributed by atoms with E-state index in [-0.39, 0.29) is 4.90 Å². The van der Waals surface area contributed by atoms with Gasteiger partial charge in [0, 0.05) is 17.8 Å². The zero-order valence-corrected chi connectivity index (χ0v) is 17.3. The molecule has 0 fully saturated rings. The van der Waals surface area contributed by atoms with E-state index in [1.165, 1.54) is 12.1 Å². The average Bonchev–Trinajstić information content (AvgIpc) is 2.73. The van der Waals surface area contributed by atoms with Gasteiger partial charge in [0.2, 0.25) is 10.0 Å². The maximum atomic E-state index is 12.3. The second-order valence-electron chi connectivity index (χ2n) is 6.24. The van der Waals surface area contributed by atoms with Gasteiger partial charge >= 0.3 is 0 Å². The van der Waals surface area contributed by atoms with Crippen molar-refractivity contribution in [2.45, 2.75) is 11.3 Å². The van der Waals surface area contributed by atoms with Crippen LogP contribution in [0, 0.1) is 0 Å². The zero-order valence-electron chi connectivity index (χ0n) is 15.7. The van der Waals surface area contributed by atoms with Crippen molar-refractivity contribution in [3.05, 3.63) is 83.5 Å². The number of ether oxygens (including phenoxy) is 1. The molecule has 6 nitrogen and oxygen atoms in total. The lowest BCUT2D eigenvalue weighted by molar-refractivity contribution is 0.332. The molecule has 1 heterocycles. The summed E-state index contributed by atoms with van der Waals surface area (Å²) in [7, 11) is -3.54. The molecular weight excluding hydrogens is 410 g/mol. The number of rotatable bonds is 10. The first-order valence-corrected chi connectivity index (χ1v) is 11.0. The van der Waals surface area contributed by atoms with Gasteiger partial charge in [-0.3, -0.25) is 0 Å². The highest BCUT2D eigenvalue weighted by molar-refractivity contribution is 7.89.